The number of hydrogen-bond acceptors (Lipinski definition) is 7. The van der Waals surface area contributed by atoms with Gasteiger partial charge in [0.1, 0.15) is 17.8 Å². The normalized spacial score (nSPS) is 17.0. The summed E-state index contributed by atoms with van der Waals surface area (Å²) < 4.78 is 48.1. The van der Waals surface area contributed by atoms with Gasteiger partial charge in [0, 0.05) is 33.0 Å². The maximum atomic E-state index is 12.7. The van der Waals surface area contributed by atoms with E-state index < -0.39 is 24.0 Å². The molecule has 1 amide bonds. The second-order valence-electron chi connectivity index (χ2n) is 6.41. The lowest BCUT2D eigenvalue weighted by Crippen LogP contribution is -2.46. The second kappa shape index (κ2) is 7.63. The summed E-state index contributed by atoms with van der Waals surface area (Å²) in [4.78, 5) is 26.1. The van der Waals surface area contributed by atoms with Crippen molar-refractivity contribution in [3.05, 3.63) is 34.5 Å². The molecule has 2 aromatic heterocycles. The number of carbonyl (C=O) groups excluding carboxylic acids is 1. The molecule has 0 N–H and O–H groups in total. The maximum Gasteiger partial charge on any atom is 0.396 e. The van der Waals surface area contributed by atoms with Gasteiger partial charge in [0.25, 0.3) is 11.8 Å². The molecule has 0 spiro atoms. The van der Waals surface area contributed by atoms with Gasteiger partial charge in [-0.2, -0.15) is 18.2 Å². The SMILES string of the molecule is COC1(c2nc(CC(F)(F)F)no2)CCN(C(=O)c2nc(C)ncc2Cl)CC1. The van der Waals surface area contributed by atoms with Crippen LogP contribution in [-0.2, 0) is 16.8 Å². The number of nitrogens with zero attached hydrogens (tertiary/aromatic N) is 5. The average Bonchev–Trinajstić information content (AvgIpc) is 3.10. The molecule has 3 heterocycles. The van der Waals surface area contributed by atoms with Crippen LogP contribution in [0.25, 0.3) is 0 Å². The number of ether oxygens (including phenoxy) is 1. The molecular formula is C16H17ClF3N5O3. The zero-order valence-corrected chi connectivity index (χ0v) is 15.8. The van der Waals surface area contributed by atoms with E-state index in [9.17, 15) is 18.0 Å². The predicted molar refractivity (Wildman–Crippen MR) is 89.7 cm³/mol. The van der Waals surface area contributed by atoms with E-state index in [1.807, 2.05) is 0 Å². The predicted octanol–water partition coefficient (Wildman–Crippen LogP) is 2.70. The van der Waals surface area contributed by atoms with Crippen LogP contribution < -0.4 is 0 Å². The molecule has 152 valence electrons. The van der Waals surface area contributed by atoms with E-state index in [1.165, 1.54) is 18.2 Å². The van der Waals surface area contributed by atoms with Gasteiger partial charge in [0.15, 0.2) is 11.5 Å². The second-order valence-corrected chi connectivity index (χ2v) is 6.82. The summed E-state index contributed by atoms with van der Waals surface area (Å²) in [5, 5.41) is 3.54. The molecular weight excluding hydrogens is 403 g/mol. The van der Waals surface area contributed by atoms with E-state index in [0.29, 0.717) is 5.82 Å². The van der Waals surface area contributed by atoms with Gasteiger partial charge in [0.2, 0.25) is 0 Å². The fraction of sp³-hybridized carbons (Fsp3) is 0.562. The molecule has 1 aliphatic heterocycles. The highest BCUT2D eigenvalue weighted by Crippen LogP contribution is 2.36. The van der Waals surface area contributed by atoms with Crippen molar-refractivity contribution < 1.29 is 27.2 Å². The monoisotopic (exact) mass is 419 g/mol. The van der Waals surface area contributed by atoms with Gasteiger partial charge in [-0.15, -0.1) is 0 Å². The maximum absolute atomic E-state index is 12.7. The van der Waals surface area contributed by atoms with Crippen molar-refractivity contribution in [2.24, 2.45) is 0 Å². The summed E-state index contributed by atoms with van der Waals surface area (Å²) >= 11 is 6.02. The van der Waals surface area contributed by atoms with Gasteiger partial charge < -0.3 is 14.2 Å². The van der Waals surface area contributed by atoms with Gasteiger partial charge in [-0.3, -0.25) is 4.79 Å². The summed E-state index contributed by atoms with van der Waals surface area (Å²) in [6, 6.07) is 0. The molecule has 2 aromatic rings. The van der Waals surface area contributed by atoms with Crippen LogP contribution in [0.5, 0.6) is 0 Å². The number of carbonyl (C=O) groups is 1. The Hall–Kier alpha value is -2.27. The van der Waals surface area contributed by atoms with Crippen molar-refractivity contribution in [3.63, 3.8) is 0 Å². The summed E-state index contributed by atoms with van der Waals surface area (Å²) in [5.74, 6) is -0.430. The summed E-state index contributed by atoms with van der Waals surface area (Å²) in [6.07, 6.45) is -3.82. The zero-order valence-electron chi connectivity index (χ0n) is 15.1. The van der Waals surface area contributed by atoms with Crippen LogP contribution in [0, 0.1) is 6.92 Å². The molecule has 1 fully saturated rings. The molecule has 0 bridgehead atoms. The number of amides is 1. The van der Waals surface area contributed by atoms with Crippen molar-refractivity contribution in [2.45, 2.75) is 38.0 Å². The van der Waals surface area contributed by atoms with E-state index in [1.54, 1.807) is 6.92 Å². The molecule has 0 saturated carbocycles. The van der Waals surface area contributed by atoms with Crippen LogP contribution in [0.15, 0.2) is 10.7 Å². The fourth-order valence-corrected chi connectivity index (χ4v) is 3.19. The Kier molecular flexibility index (Phi) is 5.57. The Balaban J connectivity index is 1.73. The number of piperidine rings is 1. The van der Waals surface area contributed by atoms with Crippen molar-refractivity contribution in [1.29, 1.82) is 0 Å². The molecule has 28 heavy (non-hydrogen) atoms. The summed E-state index contributed by atoms with van der Waals surface area (Å²) in [7, 11) is 1.41. The van der Waals surface area contributed by atoms with E-state index in [2.05, 4.69) is 20.1 Å². The fourth-order valence-electron chi connectivity index (χ4n) is 3.02. The molecule has 0 atom stereocenters. The van der Waals surface area contributed by atoms with Crippen LogP contribution in [0.3, 0.4) is 0 Å². The Morgan fingerprint density at radius 3 is 2.64 bits per heavy atom. The van der Waals surface area contributed by atoms with E-state index >= 15 is 0 Å². The lowest BCUT2D eigenvalue weighted by molar-refractivity contribution is -0.128. The first-order valence-electron chi connectivity index (χ1n) is 8.37. The summed E-state index contributed by atoms with van der Waals surface area (Å²) in [5.41, 5.74) is -0.955. The van der Waals surface area contributed by atoms with Gasteiger partial charge in [-0.05, 0) is 6.92 Å². The van der Waals surface area contributed by atoms with Crippen LogP contribution in [-0.4, -0.2) is 57.3 Å². The number of likely N-dealkylation sites (tertiary alicyclic amines) is 1. The molecule has 1 aliphatic rings. The lowest BCUT2D eigenvalue weighted by atomic mass is 9.90. The highest BCUT2D eigenvalue weighted by Gasteiger charge is 2.43. The first kappa shape index (κ1) is 20.5. The molecule has 0 aromatic carbocycles. The van der Waals surface area contributed by atoms with Crippen molar-refractivity contribution in [2.75, 3.05) is 20.2 Å². The number of aromatic nitrogens is 4. The third kappa shape index (κ3) is 4.25. The van der Waals surface area contributed by atoms with Gasteiger partial charge in [-0.25, -0.2) is 9.97 Å². The zero-order chi connectivity index (χ0) is 20.5. The lowest BCUT2D eigenvalue weighted by Gasteiger charge is -2.38. The highest BCUT2D eigenvalue weighted by atomic mass is 35.5. The van der Waals surface area contributed by atoms with Crippen LogP contribution in [0.4, 0.5) is 13.2 Å². The molecule has 3 rings (SSSR count). The number of hydrogen-bond donors (Lipinski definition) is 0. The van der Waals surface area contributed by atoms with E-state index in [0.717, 1.165) is 0 Å². The van der Waals surface area contributed by atoms with Crippen LogP contribution in [0.1, 0.15) is 40.9 Å². The number of alkyl halides is 3. The van der Waals surface area contributed by atoms with Crippen molar-refractivity contribution in [1.82, 2.24) is 25.0 Å². The van der Waals surface area contributed by atoms with Gasteiger partial charge >= 0.3 is 6.18 Å². The smallest absolute Gasteiger partial charge is 0.368 e. The Morgan fingerprint density at radius 1 is 1.36 bits per heavy atom. The number of methoxy groups -OCH3 is 1. The number of aryl methyl sites for hydroxylation is 1. The Morgan fingerprint density at radius 2 is 2.04 bits per heavy atom. The average molecular weight is 420 g/mol. The van der Waals surface area contributed by atoms with Gasteiger partial charge in [-0.1, -0.05) is 16.8 Å². The molecule has 8 nitrogen and oxygen atoms in total. The van der Waals surface area contributed by atoms with Crippen molar-refractivity contribution >= 4 is 17.5 Å². The minimum atomic E-state index is -4.44. The topological polar surface area (TPSA) is 94.2 Å². The third-order valence-electron chi connectivity index (χ3n) is 4.53. The van der Waals surface area contributed by atoms with E-state index in [4.69, 9.17) is 20.9 Å². The van der Waals surface area contributed by atoms with E-state index in [-0.39, 0.29) is 48.4 Å². The minimum Gasteiger partial charge on any atom is -0.368 e. The van der Waals surface area contributed by atoms with Crippen molar-refractivity contribution in [3.8, 4) is 0 Å². The van der Waals surface area contributed by atoms with Crippen LogP contribution in [0.2, 0.25) is 5.02 Å². The Bertz CT molecular complexity index is 865. The molecule has 12 heteroatoms. The third-order valence-corrected chi connectivity index (χ3v) is 4.81. The van der Waals surface area contributed by atoms with Gasteiger partial charge in [0.05, 0.1) is 11.2 Å². The largest absolute Gasteiger partial charge is 0.396 e. The molecule has 0 unspecified atom stereocenters. The standard InChI is InChI=1S/C16H17ClF3N5O3/c1-9-21-8-10(17)12(22-9)13(26)25-5-3-15(27-2,4-6-25)14-23-11(24-28-14)7-16(18,19)20/h8H,3-7H2,1-2H3. The quantitative estimate of drug-likeness (QED) is 0.752. The first-order valence-corrected chi connectivity index (χ1v) is 8.75. The minimum absolute atomic E-state index is 0.0303. The Labute approximate surface area is 163 Å². The first-order chi connectivity index (χ1) is 13.1. The number of rotatable bonds is 4. The summed E-state index contributed by atoms with van der Waals surface area (Å²) in [6.45, 7) is 2.15. The highest BCUT2D eigenvalue weighted by molar-refractivity contribution is 6.33. The molecule has 0 radical (unpaired) electrons. The molecule has 1 saturated heterocycles. The molecule has 0 aliphatic carbocycles. The van der Waals surface area contributed by atoms with Crippen LogP contribution >= 0.6 is 11.6 Å². The number of halogens is 4.